The van der Waals surface area contributed by atoms with Gasteiger partial charge in [-0.25, -0.2) is 18.1 Å². The number of aliphatic hydroxyl groups excluding tert-OH is 1. The molecule has 194 valence electrons. The van der Waals surface area contributed by atoms with Crippen LogP contribution in [-0.4, -0.2) is 77.1 Å². The fraction of sp³-hybridized carbons (Fsp3) is 0.375. The molecule has 0 saturated heterocycles. The molecule has 0 aliphatic carbocycles. The van der Waals surface area contributed by atoms with E-state index in [1.54, 1.807) is 19.3 Å². The molecule has 0 bridgehead atoms. The Labute approximate surface area is 209 Å². The Hall–Kier alpha value is -3.32. The third kappa shape index (κ3) is 6.08. The van der Waals surface area contributed by atoms with Crippen molar-refractivity contribution in [1.82, 2.24) is 15.0 Å². The number of aromatic nitrogens is 1. The van der Waals surface area contributed by atoms with Crippen molar-refractivity contribution in [1.29, 1.82) is 0 Å². The number of sulfonamides is 1. The molecule has 0 saturated carbocycles. The van der Waals surface area contributed by atoms with Gasteiger partial charge in [-0.2, -0.15) is 0 Å². The lowest BCUT2D eigenvalue weighted by molar-refractivity contribution is 0.0919. The van der Waals surface area contributed by atoms with E-state index in [-0.39, 0.29) is 30.4 Å². The molecule has 0 unspecified atom stereocenters. The number of aliphatic imine (C=N–C) groups is 1. The number of ether oxygens (including phenoxy) is 4. The SMILES string of the molecule is CNS(=O)(=O)C1=CC=C(Oc2cc(O[C@@H](C)COC)cc(-c3ccc(C4=NC[C@H](CO)O4)[nH]3)c2)CN1. The van der Waals surface area contributed by atoms with E-state index < -0.39 is 10.0 Å². The predicted octanol–water partition coefficient (Wildman–Crippen LogP) is 1.49. The molecule has 4 N–H and O–H groups in total. The van der Waals surface area contributed by atoms with Crippen molar-refractivity contribution in [2.24, 2.45) is 4.99 Å². The summed E-state index contributed by atoms with van der Waals surface area (Å²) in [5.74, 6) is 2.08. The summed E-state index contributed by atoms with van der Waals surface area (Å²) in [6.45, 7) is 2.83. The summed E-state index contributed by atoms with van der Waals surface area (Å²) < 4.78 is 49.2. The molecule has 0 amide bonds. The van der Waals surface area contributed by atoms with E-state index in [4.69, 9.17) is 18.9 Å². The van der Waals surface area contributed by atoms with Crippen LogP contribution in [0.3, 0.4) is 0 Å². The second-order valence-electron chi connectivity index (χ2n) is 8.26. The second kappa shape index (κ2) is 11.2. The van der Waals surface area contributed by atoms with Gasteiger partial charge >= 0.3 is 0 Å². The summed E-state index contributed by atoms with van der Waals surface area (Å²) in [6, 6.07) is 9.25. The summed E-state index contributed by atoms with van der Waals surface area (Å²) in [5.41, 5.74) is 2.29. The van der Waals surface area contributed by atoms with Gasteiger partial charge in [0.05, 0.1) is 26.3 Å². The second-order valence-corrected chi connectivity index (χ2v) is 10.1. The molecular formula is C24H30N4O7S. The maximum absolute atomic E-state index is 12.0. The number of aromatic amines is 1. The van der Waals surface area contributed by atoms with E-state index in [9.17, 15) is 13.5 Å². The molecule has 36 heavy (non-hydrogen) atoms. The van der Waals surface area contributed by atoms with Crippen LogP contribution in [0, 0.1) is 0 Å². The van der Waals surface area contributed by atoms with Crippen molar-refractivity contribution in [3.8, 4) is 22.8 Å². The third-order valence-corrected chi connectivity index (χ3v) is 6.83. The summed E-state index contributed by atoms with van der Waals surface area (Å²) in [5, 5.41) is 12.2. The molecule has 1 aromatic carbocycles. The lowest BCUT2D eigenvalue weighted by atomic mass is 10.1. The highest BCUT2D eigenvalue weighted by molar-refractivity contribution is 7.93. The maximum atomic E-state index is 12.0. The first-order valence-corrected chi connectivity index (χ1v) is 12.9. The lowest BCUT2D eigenvalue weighted by Gasteiger charge is -2.19. The number of allylic oxidation sites excluding steroid dienone is 2. The van der Waals surface area contributed by atoms with Gasteiger partial charge in [0.15, 0.2) is 0 Å². The Morgan fingerprint density at radius 2 is 2.00 bits per heavy atom. The average molecular weight is 519 g/mol. The van der Waals surface area contributed by atoms with E-state index in [1.165, 1.54) is 13.1 Å². The van der Waals surface area contributed by atoms with Gasteiger partial charge in [-0.3, -0.25) is 0 Å². The highest BCUT2D eigenvalue weighted by Crippen LogP contribution is 2.32. The number of nitrogens with one attached hydrogen (secondary N) is 3. The molecule has 2 aliphatic heterocycles. The fourth-order valence-electron chi connectivity index (χ4n) is 3.68. The van der Waals surface area contributed by atoms with Gasteiger partial charge in [-0.05, 0) is 50.4 Å². The zero-order chi connectivity index (χ0) is 25.7. The number of dihydropyridines is 1. The molecule has 11 nitrogen and oxygen atoms in total. The standard InChI is InChI=1S/C24H30N4O7S/c1-15(14-32-3)33-18-8-16(21-5-6-22(28-21)24-27-12-20(13-29)35-24)9-19(10-18)34-17-4-7-23(26-11-17)36(30,31)25-2/h4-10,15,20,25-26,28-29H,11-14H2,1-3H3/t15-,20+/m0/s1. The van der Waals surface area contributed by atoms with Gasteiger partial charge in [-0.15, -0.1) is 0 Å². The highest BCUT2D eigenvalue weighted by atomic mass is 32.2. The Balaban J connectivity index is 1.60. The van der Waals surface area contributed by atoms with Crippen LogP contribution in [0.4, 0.5) is 0 Å². The monoisotopic (exact) mass is 518 g/mol. The van der Waals surface area contributed by atoms with Gasteiger partial charge in [0, 0.05) is 24.4 Å². The number of rotatable bonds is 11. The van der Waals surface area contributed by atoms with Crippen LogP contribution in [0.5, 0.6) is 11.5 Å². The van der Waals surface area contributed by atoms with Gasteiger partial charge in [0.1, 0.15) is 40.2 Å². The Morgan fingerprint density at radius 1 is 1.22 bits per heavy atom. The van der Waals surface area contributed by atoms with Crippen molar-refractivity contribution in [2.45, 2.75) is 19.1 Å². The first kappa shape index (κ1) is 25.8. The van der Waals surface area contributed by atoms with Crippen LogP contribution < -0.4 is 19.5 Å². The zero-order valence-electron chi connectivity index (χ0n) is 20.3. The number of methoxy groups -OCH3 is 1. The largest absolute Gasteiger partial charge is 0.488 e. The van der Waals surface area contributed by atoms with Gasteiger partial charge < -0.3 is 34.4 Å². The third-order valence-electron chi connectivity index (χ3n) is 5.43. The molecule has 3 heterocycles. The van der Waals surface area contributed by atoms with Crippen molar-refractivity contribution < 1.29 is 32.5 Å². The molecule has 0 radical (unpaired) electrons. The van der Waals surface area contributed by atoms with E-state index in [1.807, 2.05) is 31.2 Å². The summed E-state index contributed by atoms with van der Waals surface area (Å²) >= 11 is 0. The molecule has 12 heteroatoms. The number of benzene rings is 1. The van der Waals surface area contributed by atoms with Crippen molar-refractivity contribution >= 4 is 15.9 Å². The quantitative estimate of drug-likeness (QED) is 0.350. The van der Waals surface area contributed by atoms with Crippen LogP contribution in [-0.2, 0) is 19.5 Å². The first-order valence-electron chi connectivity index (χ1n) is 11.4. The zero-order valence-corrected chi connectivity index (χ0v) is 21.1. The Bertz CT molecular complexity index is 1280. The first-order chi connectivity index (χ1) is 17.3. The minimum atomic E-state index is -3.57. The predicted molar refractivity (Wildman–Crippen MR) is 134 cm³/mol. The summed E-state index contributed by atoms with van der Waals surface area (Å²) in [4.78, 5) is 7.64. The topological polar surface area (TPSA) is 144 Å². The Kier molecular flexibility index (Phi) is 7.99. The van der Waals surface area contributed by atoms with Crippen LogP contribution in [0.2, 0.25) is 0 Å². The smallest absolute Gasteiger partial charge is 0.255 e. The minimum absolute atomic E-state index is 0.0721. The van der Waals surface area contributed by atoms with Crippen LogP contribution in [0.25, 0.3) is 11.3 Å². The number of hydrogen-bond donors (Lipinski definition) is 4. The van der Waals surface area contributed by atoms with E-state index in [0.717, 1.165) is 11.3 Å². The van der Waals surface area contributed by atoms with E-state index >= 15 is 0 Å². The van der Waals surface area contributed by atoms with E-state index in [0.29, 0.717) is 42.0 Å². The van der Waals surface area contributed by atoms with Gasteiger partial charge in [-0.1, -0.05) is 0 Å². The van der Waals surface area contributed by atoms with Crippen molar-refractivity contribution in [3.63, 3.8) is 0 Å². The normalized spacial score (nSPS) is 18.4. The maximum Gasteiger partial charge on any atom is 0.255 e. The number of H-pyrrole nitrogens is 1. The van der Waals surface area contributed by atoms with Gasteiger partial charge in [0.2, 0.25) is 5.90 Å². The molecular weight excluding hydrogens is 488 g/mol. The van der Waals surface area contributed by atoms with Crippen molar-refractivity contribution in [2.75, 3.05) is 40.5 Å². The fourth-order valence-corrected chi connectivity index (χ4v) is 4.41. The van der Waals surface area contributed by atoms with Crippen LogP contribution >= 0.6 is 0 Å². The van der Waals surface area contributed by atoms with Crippen molar-refractivity contribution in [3.05, 3.63) is 59.0 Å². The number of hydrogen-bond acceptors (Lipinski definition) is 9. The molecule has 4 rings (SSSR count). The van der Waals surface area contributed by atoms with Gasteiger partial charge in [0.25, 0.3) is 10.0 Å². The molecule has 0 fully saturated rings. The lowest BCUT2D eigenvalue weighted by Crippen LogP contribution is -2.32. The molecule has 1 aromatic heterocycles. The molecule has 0 spiro atoms. The molecule has 2 atom stereocenters. The van der Waals surface area contributed by atoms with Crippen LogP contribution in [0.1, 0.15) is 12.6 Å². The van der Waals surface area contributed by atoms with Crippen LogP contribution in [0.15, 0.2) is 58.3 Å². The number of nitrogens with zero attached hydrogens (tertiary/aromatic N) is 1. The van der Waals surface area contributed by atoms with E-state index in [2.05, 4.69) is 20.0 Å². The minimum Gasteiger partial charge on any atom is -0.488 e. The number of aliphatic hydroxyl groups is 1. The average Bonchev–Trinajstić information content (AvgIpc) is 3.54. The highest BCUT2D eigenvalue weighted by Gasteiger charge is 2.22. The summed E-state index contributed by atoms with van der Waals surface area (Å²) in [7, 11) is -0.601. The summed E-state index contributed by atoms with van der Waals surface area (Å²) in [6.07, 6.45) is 2.54. The molecule has 2 aromatic rings. The molecule has 2 aliphatic rings. The Morgan fingerprint density at radius 3 is 2.67 bits per heavy atom.